The van der Waals surface area contributed by atoms with Gasteiger partial charge in [-0.15, -0.1) is 0 Å². The van der Waals surface area contributed by atoms with Gasteiger partial charge in [-0.05, 0) is 107 Å². The first-order valence-corrected chi connectivity index (χ1v) is 13.5. The molecule has 0 aromatic heterocycles. The molecule has 7 nitrogen and oxygen atoms in total. The molecule has 0 aromatic rings. The van der Waals surface area contributed by atoms with Crippen LogP contribution in [0.15, 0.2) is 16.8 Å². The lowest BCUT2D eigenvalue weighted by Gasteiger charge is -2.58. The van der Waals surface area contributed by atoms with Gasteiger partial charge in [-0.1, -0.05) is 24.6 Å². The Morgan fingerprint density at radius 2 is 1.69 bits per heavy atom. The lowest BCUT2D eigenvalue weighted by atomic mass is 9.46. The van der Waals surface area contributed by atoms with Crippen LogP contribution in [0.4, 0.5) is 0 Å². The van der Waals surface area contributed by atoms with Gasteiger partial charge in [0.05, 0.1) is 35.2 Å². The van der Waals surface area contributed by atoms with Crippen LogP contribution in [0.2, 0.25) is 0 Å². The number of fused-ring (bicyclic) bond motifs is 5. The van der Waals surface area contributed by atoms with Crippen molar-refractivity contribution in [3.05, 3.63) is 11.6 Å². The van der Waals surface area contributed by atoms with Crippen molar-refractivity contribution in [1.29, 1.82) is 0 Å². The Morgan fingerprint density at radius 1 is 1.03 bits per heavy atom. The third kappa shape index (κ3) is 4.50. The summed E-state index contributed by atoms with van der Waals surface area (Å²) >= 11 is 0. The molecule has 5 N–H and O–H groups in total. The van der Waals surface area contributed by atoms with Gasteiger partial charge in [0.25, 0.3) is 0 Å². The number of hydrogen-bond acceptors (Lipinski definition) is 7. The van der Waals surface area contributed by atoms with Crippen molar-refractivity contribution in [3.8, 4) is 0 Å². The first kappa shape index (κ1) is 27.1. The highest BCUT2D eigenvalue weighted by Gasteiger charge is 2.62. The topological polar surface area (TPSA) is 123 Å². The van der Waals surface area contributed by atoms with Gasteiger partial charge in [0.1, 0.15) is 7.11 Å². The van der Waals surface area contributed by atoms with E-state index in [0.717, 1.165) is 31.4 Å². The summed E-state index contributed by atoms with van der Waals surface area (Å²) in [5.74, 6) is 0.504. The second kappa shape index (κ2) is 9.09. The summed E-state index contributed by atoms with van der Waals surface area (Å²) in [7, 11) is 1.55. The second-order valence-corrected chi connectivity index (χ2v) is 13.3. The molecular weight excluding hydrogens is 446 g/mol. The number of nitrogens with zero attached hydrogens (tertiary/aromatic N) is 1. The molecule has 0 aliphatic heterocycles. The minimum absolute atomic E-state index is 0.0305. The van der Waals surface area contributed by atoms with Crippen molar-refractivity contribution in [3.63, 3.8) is 0 Å². The van der Waals surface area contributed by atoms with Crippen LogP contribution < -0.4 is 0 Å². The van der Waals surface area contributed by atoms with Crippen molar-refractivity contribution in [2.45, 2.75) is 115 Å². The minimum Gasteiger partial charge on any atom is -0.399 e. The lowest BCUT2D eigenvalue weighted by molar-refractivity contribution is -0.143. The highest BCUT2D eigenvalue weighted by molar-refractivity contribution is 5.99. The predicted molar refractivity (Wildman–Crippen MR) is 135 cm³/mol. The van der Waals surface area contributed by atoms with E-state index in [-0.39, 0.29) is 34.5 Å². The molecule has 0 radical (unpaired) electrons. The largest absolute Gasteiger partial charge is 0.399 e. The lowest BCUT2D eigenvalue weighted by Crippen LogP contribution is -2.57. The maximum absolute atomic E-state index is 11.7. The fourth-order valence-electron chi connectivity index (χ4n) is 8.59. The van der Waals surface area contributed by atoms with E-state index >= 15 is 0 Å². The van der Waals surface area contributed by atoms with Crippen molar-refractivity contribution < 1.29 is 30.4 Å². The number of rotatable bonds is 6. The smallest absolute Gasteiger partial charge is 0.106 e. The molecule has 0 heterocycles. The van der Waals surface area contributed by atoms with Crippen molar-refractivity contribution >= 4 is 5.71 Å². The maximum atomic E-state index is 11.7. The molecule has 4 aliphatic carbocycles. The van der Waals surface area contributed by atoms with E-state index in [2.05, 4.69) is 25.1 Å². The van der Waals surface area contributed by atoms with Gasteiger partial charge >= 0.3 is 0 Å². The number of oxime groups is 1. The average molecular weight is 494 g/mol. The molecule has 3 saturated carbocycles. The van der Waals surface area contributed by atoms with Crippen molar-refractivity contribution in [2.24, 2.45) is 39.7 Å². The van der Waals surface area contributed by atoms with Gasteiger partial charge in [0, 0.05) is 5.92 Å². The Hall–Kier alpha value is -0.990. The van der Waals surface area contributed by atoms with Crippen LogP contribution in [0.1, 0.15) is 86.0 Å². The standard InChI is InChI=1S/C28H47NO6/c1-25(2,33)11-10-24(32)28(5,34)23-8-7-17-16-13-20(29-35-6)19-14-21(30)22(31)15-27(19,4)18(16)9-12-26(17,23)3/h13,17-19,21-24,30-34H,7-12,14-15H2,1-6H3/b29-20+/t17?,18?,19-,21+,22-,23-,24+,26-,27+,28+/m0/s1. The summed E-state index contributed by atoms with van der Waals surface area (Å²) in [6, 6.07) is 0. The highest BCUT2D eigenvalue weighted by Crippen LogP contribution is 2.67. The van der Waals surface area contributed by atoms with Gasteiger partial charge < -0.3 is 30.4 Å². The zero-order valence-corrected chi connectivity index (χ0v) is 22.4. The summed E-state index contributed by atoms with van der Waals surface area (Å²) in [6.45, 7) is 9.74. The summed E-state index contributed by atoms with van der Waals surface area (Å²) in [5, 5.41) is 58.3. The fraction of sp³-hybridized carbons (Fsp3) is 0.893. The quantitative estimate of drug-likeness (QED) is 0.362. The van der Waals surface area contributed by atoms with Gasteiger partial charge in [0.15, 0.2) is 0 Å². The van der Waals surface area contributed by atoms with Crippen LogP contribution in [-0.4, -0.2) is 67.9 Å². The van der Waals surface area contributed by atoms with Crippen LogP contribution in [0, 0.1) is 34.5 Å². The zero-order valence-electron chi connectivity index (χ0n) is 22.4. The highest BCUT2D eigenvalue weighted by atomic mass is 16.6. The Labute approximate surface area is 210 Å². The summed E-state index contributed by atoms with van der Waals surface area (Å²) in [6.07, 6.45) is 5.23. The predicted octanol–water partition coefficient (Wildman–Crippen LogP) is 3.17. The number of aliphatic hydroxyl groups is 5. The van der Waals surface area contributed by atoms with Crippen LogP contribution in [0.3, 0.4) is 0 Å². The van der Waals surface area contributed by atoms with Gasteiger partial charge in [-0.2, -0.15) is 0 Å². The minimum atomic E-state index is -1.25. The molecule has 35 heavy (non-hydrogen) atoms. The van der Waals surface area contributed by atoms with Crippen LogP contribution in [-0.2, 0) is 4.84 Å². The van der Waals surface area contributed by atoms with Gasteiger partial charge in [-0.3, -0.25) is 0 Å². The number of hydrogen-bond donors (Lipinski definition) is 5. The van der Waals surface area contributed by atoms with Crippen LogP contribution >= 0.6 is 0 Å². The molecule has 2 unspecified atom stereocenters. The Morgan fingerprint density at radius 3 is 2.31 bits per heavy atom. The van der Waals surface area contributed by atoms with E-state index in [1.54, 1.807) is 27.9 Å². The van der Waals surface area contributed by atoms with E-state index in [4.69, 9.17) is 4.84 Å². The Kier molecular flexibility index (Phi) is 7.02. The van der Waals surface area contributed by atoms with Gasteiger partial charge in [-0.25, -0.2) is 0 Å². The molecule has 4 rings (SSSR count). The van der Waals surface area contributed by atoms with Crippen LogP contribution in [0.5, 0.6) is 0 Å². The zero-order chi connectivity index (χ0) is 26.0. The Balaban J connectivity index is 1.66. The second-order valence-electron chi connectivity index (χ2n) is 13.3. The third-order valence-electron chi connectivity index (χ3n) is 10.6. The molecular formula is C28H47NO6. The van der Waals surface area contributed by atoms with Gasteiger partial charge in [0.2, 0.25) is 0 Å². The third-order valence-corrected chi connectivity index (χ3v) is 10.6. The maximum Gasteiger partial charge on any atom is 0.106 e. The molecule has 0 amide bonds. The Bertz CT molecular complexity index is 862. The van der Waals surface area contributed by atoms with E-state index in [0.29, 0.717) is 25.7 Å². The van der Waals surface area contributed by atoms with E-state index in [1.165, 1.54) is 5.57 Å². The van der Waals surface area contributed by atoms with E-state index in [9.17, 15) is 25.5 Å². The molecule has 3 fully saturated rings. The normalized spacial score (nSPS) is 45.1. The monoisotopic (exact) mass is 493 g/mol. The number of allylic oxidation sites excluding steroid dienone is 2. The van der Waals surface area contributed by atoms with E-state index in [1.807, 2.05) is 0 Å². The molecule has 10 atom stereocenters. The first-order valence-electron chi connectivity index (χ1n) is 13.5. The average Bonchev–Trinajstić information content (AvgIpc) is 3.11. The SMILES string of the molecule is CO/N=C1\C=C2C3CC[C@H]([C@@](C)(O)[C@H](O)CCC(C)(C)O)[C@@]3(C)CCC2[C@@]2(C)C[C@H](O)[C@H](O)C[C@@H]12. The fourth-order valence-corrected chi connectivity index (χ4v) is 8.59. The number of aliphatic hydroxyl groups excluding tert-OH is 3. The van der Waals surface area contributed by atoms with E-state index < -0.39 is 29.5 Å². The van der Waals surface area contributed by atoms with Crippen molar-refractivity contribution in [1.82, 2.24) is 0 Å². The molecule has 4 aliphatic rings. The molecule has 0 bridgehead atoms. The molecule has 0 saturated heterocycles. The molecule has 200 valence electrons. The summed E-state index contributed by atoms with van der Waals surface area (Å²) in [5.41, 5.74) is -0.342. The molecule has 0 spiro atoms. The summed E-state index contributed by atoms with van der Waals surface area (Å²) < 4.78 is 0. The molecule has 0 aromatic carbocycles. The van der Waals surface area contributed by atoms with Crippen molar-refractivity contribution in [2.75, 3.05) is 7.11 Å². The van der Waals surface area contributed by atoms with Crippen LogP contribution in [0.25, 0.3) is 0 Å². The first-order chi connectivity index (χ1) is 16.1. The molecule has 7 heteroatoms. The summed E-state index contributed by atoms with van der Waals surface area (Å²) in [4.78, 5) is 5.22.